The minimum absolute atomic E-state index is 0.206. The summed E-state index contributed by atoms with van der Waals surface area (Å²) in [5, 5.41) is 0.570. The molecule has 134 valence electrons. The summed E-state index contributed by atoms with van der Waals surface area (Å²) >= 11 is 4.90. The molecular weight excluding hydrogens is 416 g/mol. The minimum Gasteiger partial charge on any atom is -0.462 e. The second-order valence-electron chi connectivity index (χ2n) is 5.68. The summed E-state index contributed by atoms with van der Waals surface area (Å²) in [4.78, 5) is 34.0. The number of fused-ring (bicyclic) bond motifs is 1. The monoisotopic (exact) mass is 432 g/mol. The van der Waals surface area contributed by atoms with Crippen molar-refractivity contribution in [3.8, 4) is 0 Å². The number of nitrogens with zero attached hydrogens (tertiary/aromatic N) is 1. The average molecular weight is 433 g/mol. The molecule has 0 aliphatic rings. The van der Waals surface area contributed by atoms with Gasteiger partial charge in [0.1, 0.15) is 16.2 Å². The highest BCUT2D eigenvalue weighted by Crippen LogP contribution is 2.28. The number of nitrogens with one attached hydrogen (secondary N) is 1. The van der Waals surface area contributed by atoms with Crippen LogP contribution in [0.5, 0.6) is 0 Å². The lowest BCUT2D eigenvalue weighted by Gasteiger charge is -2.08. The molecule has 1 N–H and O–H groups in total. The van der Waals surface area contributed by atoms with Gasteiger partial charge in [0.15, 0.2) is 0 Å². The second kappa shape index (κ2) is 7.55. The highest BCUT2D eigenvalue weighted by Gasteiger charge is 2.20. The number of esters is 1. The summed E-state index contributed by atoms with van der Waals surface area (Å²) in [6.07, 6.45) is 1.67. The molecule has 2 aromatic heterocycles. The van der Waals surface area contributed by atoms with E-state index in [2.05, 4.69) is 25.9 Å². The maximum absolute atomic E-state index is 12.6. The Morgan fingerprint density at radius 1 is 1.35 bits per heavy atom. The topological polar surface area (TPSA) is 72.0 Å². The summed E-state index contributed by atoms with van der Waals surface area (Å²) in [7, 11) is 0. The molecule has 0 saturated heterocycles. The van der Waals surface area contributed by atoms with E-state index in [1.807, 2.05) is 38.1 Å². The van der Waals surface area contributed by atoms with Gasteiger partial charge in [0.2, 0.25) is 0 Å². The van der Waals surface area contributed by atoms with Crippen LogP contribution < -0.4 is 5.56 Å². The van der Waals surface area contributed by atoms with Crippen molar-refractivity contribution >= 4 is 55.1 Å². The number of hydrogen-bond acceptors (Lipinski definition) is 5. The van der Waals surface area contributed by atoms with Crippen LogP contribution in [0.3, 0.4) is 0 Å². The van der Waals surface area contributed by atoms with Crippen molar-refractivity contribution in [1.82, 2.24) is 9.97 Å². The molecule has 0 amide bonds. The van der Waals surface area contributed by atoms with E-state index in [9.17, 15) is 9.59 Å². The number of aromatic nitrogens is 2. The van der Waals surface area contributed by atoms with Crippen LogP contribution in [-0.2, 0) is 9.53 Å². The van der Waals surface area contributed by atoms with Crippen LogP contribution in [0.1, 0.15) is 28.8 Å². The third kappa shape index (κ3) is 3.50. The lowest BCUT2D eigenvalue weighted by molar-refractivity contribution is -0.136. The molecule has 0 aliphatic heterocycles. The Bertz CT molecular complexity index is 1080. The van der Waals surface area contributed by atoms with E-state index in [0.29, 0.717) is 10.2 Å². The van der Waals surface area contributed by atoms with E-state index in [4.69, 9.17) is 4.74 Å². The Morgan fingerprint density at radius 3 is 2.77 bits per heavy atom. The number of ether oxygens (including phenoxy) is 1. The Labute approximate surface area is 162 Å². The van der Waals surface area contributed by atoms with Crippen LogP contribution in [-0.4, -0.2) is 22.5 Å². The summed E-state index contributed by atoms with van der Waals surface area (Å²) < 4.78 is 6.00. The number of benzene rings is 1. The smallest absolute Gasteiger partial charge is 0.341 e. The molecule has 0 atom stereocenters. The van der Waals surface area contributed by atoms with Gasteiger partial charge in [-0.05, 0) is 44.0 Å². The van der Waals surface area contributed by atoms with Gasteiger partial charge in [0, 0.05) is 9.35 Å². The standard InChI is InChI=1S/C19H17BrN2O3S/c1-4-25-19(24)13(9-12-7-5-6-8-14(12)20)16-21-17(23)15-10(2)11(3)26-18(15)22-16/h5-9H,4H2,1-3H3,(H,21,22,23). The highest BCUT2D eigenvalue weighted by atomic mass is 79.9. The molecular formula is C19H17BrN2O3S. The Kier molecular flexibility index (Phi) is 5.38. The van der Waals surface area contributed by atoms with E-state index in [-0.39, 0.29) is 23.6 Å². The number of halogens is 1. The van der Waals surface area contributed by atoms with Gasteiger partial charge in [-0.25, -0.2) is 9.78 Å². The number of thiophene rings is 1. The Balaban J connectivity index is 2.23. The lowest BCUT2D eigenvalue weighted by Crippen LogP contribution is -2.15. The molecule has 0 radical (unpaired) electrons. The Morgan fingerprint density at radius 2 is 2.08 bits per heavy atom. The molecule has 0 aliphatic carbocycles. The normalized spacial score (nSPS) is 11.8. The molecule has 0 bridgehead atoms. The number of hydrogen-bond donors (Lipinski definition) is 1. The molecule has 2 heterocycles. The van der Waals surface area contributed by atoms with E-state index in [1.54, 1.807) is 13.0 Å². The van der Waals surface area contributed by atoms with Crippen molar-refractivity contribution in [2.45, 2.75) is 20.8 Å². The fourth-order valence-electron chi connectivity index (χ4n) is 2.56. The third-order valence-electron chi connectivity index (χ3n) is 3.99. The molecule has 0 spiro atoms. The largest absolute Gasteiger partial charge is 0.462 e. The average Bonchev–Trinajstić information content (AvgIpc) is 2.89. The zero-order valence-electron chi connectivity index (χ0n) is 14.6. The summed E-state index contributed by atoms with van der Waals surface area (Å²) in [5.41, 5.74) is 1.66. The van der Waals surface area contributed by atoms with Gasteiger partial charge in [-0.2, -0.15) is 0 Å². The zero-order chi connectivity index (χ0) is 18.8. The maximum atomic E-state index is 12.6. The molecule has 7 heteroatoms. The van der Waals surface area contributed by atoms with Crippen molar-refractivity contribution in [3.05, 3.63) is 60.9 Å². The second-order valence-corrected chi connectivity index (χ2v) is 7.74. The van der Waals surface area contributed by atoms with Gasteiger partial charge < -0.3 is 9.72 Å². The van der Waals surface area contributed by atoms with Gasteiger partial charge in [-0.3, -0.25) is 4.79 Å². The molecule has 1 aromatic carbocycles. The van der Waals surface area contributed by atoms with Gasteiger partial charge in [0.05, 0.1) is 12.0 Å². The molecule has 3 aromatic rings. The summed E-state index contributed by atoms with van der Waals surface area (Å²) in [6, 6.07) is 7.49. The molecule has 5 nitrogen and oxygen atoms in total. The molecule has 26 heavy (non-hydrogen) atoms. The van der Waals surface area contributed by atoms with Crippen molar-refractivity contribution < 1.29 is 9.53 Å². The number of rotatable bonds is 4. The van der Waals surface area contributed by atoms with Gasteiger partial charge in [0.25, 0.3) is 5.56 Å². The number of carbonyl (C=O) groups is 1. The SMILES string of the molecule is CCOC(=O)C(=Cc1ccccc1Br)c1nc2sc(C)c(C)c2c(=O)[nH]1. The van der Waals surface area contributed by atoms with Crippen LogP contribution in [0, 0.1) is 13.8 Å². The van der Waals surface area contributed by atoms with Crippen LogP contribution in [0.2, 0.25) is 0 Å². The fourth-order valence-corrected chi connectivity index (χ4v) is 3.99. The first-order valence-electron chi connectivity index (χ1n) is 8.06. The van der Waals surface area contributed by atoms with Crippen LogP contribution >= 0.6 is 27.3 Å². The maximum Gasteiger partial charge on any atom is 0.341 e. The predicted molar refractivity (Wildman–Crippen MR) is 108 cm³/mol. The number of carbonyl (C=O) groups excluding carboxylic acids is 1. The number of H-pyrrole nitrogens is 1. The molecule has 0 saturated carbocycles. The zero-order valence-corrected chi connectivity index (χ0v) is 17.0. The van der Waals surface area contributed by atoms with Crippen LogP contribution in [0.15, 0.2) is 33.5 Å². The van der Waals surface area contributed by atoms with Crippen molar-refractivity contribution in [1.29, 1.82) is 0 Å². The number of aromatic amines is 1. The highest BCUT2D eigenvalue weighted by molar-refractivity contribution is 9.10. The van der Waals surface area contributed by atoms with Crippen molar-refractivity contribution in [2.24, 2.45) is 0 Å². The van der Waals surface area contributed by atoms with Gasteiger partial charge in [-0.15, -0.1) is 11.3 Å². The quantitative estimate of drug-likeness (QED) is 0.487. The fraction of sp³-hybridized carbons (Fsp3) is 0.211. The third-order valence-corrected chi connectivity index (χ3v) is 5.82. The van der Waals surface area contributed by atoms with Crippen molar-refractivity contribution in [3.63, 3.8) is 0 Å². The van der Waals surface area contributed by atoms with Crippen LogP contribution in [0.25, 0.3) is 21.9 Å². The molecule has 0 unspecified atom stereocenters. The van der Waals surface area contributed by atoms with Gasteiger partial charge >= 0.3 is 5.97 Å². The number of aryl methyl sites for hydroxylation is 2. The summed E-state index contributed by atoms with van der Waals surface area (Å²) in [5.74, 6) is -0.325. The van der Waals surface area contributed by atoms with E-state index in [1.165, 1.54) is 11.3 Å². The molecule has 3 rings (SSSR count). The summed E-state index contributed by atoms with van der Waals surface area (Å²) in [6.45, 7) is 5.81. The first-order chi connectivity index (χ1) is 12.4. The molecule has 0 fully saturated rings. The predicted octanol–water partition coefficient (Wildman–Crippen LogP) is 4.47. The van der Waals surface area contributed by atoms with Crippen LogP contribution in [0.4, 0.5) is 0 Å². The minimum atomic E-state index is -0.532. The van der Waals surface area contributed by atoms with E-state index < -0.39 is 5.97 Å². The van der Waals surface area contributed by atoms with Gasteiger partial charge in [-0.1, -0.05) is 34.1 Å². The van der Waals surface area contributed by atoms with Crippen molar-refractivity contribution in [2.75, 3.05) is 6.61 Å². The lowest BCUT2D eigenvalue weighted by atomic mass is 10.1. The first kappa shape index (κ1) is 18.5. The van der Waals surface area contributed by atoms with E-state index in [0.717, 1.165) is 20.5 Å². The van der Waals surface area contributed by atoms with E-state index >= 15 is 0 Å². The first-order valence-corrected chi connectivity index (χ1v) is 9.67. The Hall–Kier alpha value is -2.25.